The molecule has 2 amide bonds. The van der Waals surface area contributed by atoms with Gasteiger partial charge in [-0.2, -0.15) is 0 Å². The maximum Gasteiger partial charge on any atom is 0.407 e. The molecule has 1 rings (SSSR count). The minimum absolute atomic E-state index is 0.0880. The molecule has 0 unspecified atom stereocenters. The molecule has 0 saturated heterocycles. The summed E-state index contributed by atoms with van der Waals surface area (Å²) in [5.74, 6) is 0.617. The molecule has 0 aliphatic heterocycles. The van der Waals surface area contributed by atoms with Gasteiger partial charge >= 0.3 is 12.1 Å². The van der Waals surface area contributed by atoms with Crippen LogP contribution in [0.4, 0.5) is 10.6 Å². The van der Waals surface area contributed by atoms with Crippen molar-refractivity contribution < 1.29 is 24.2 Å². The molecule has 0 aliphatic carbocycles. The summed E-state index contributed by atoms with van der Waals surface area (Å²) in [4.78, 5) is 38.7. The van der Waals surface area contributed by atoms with Crippen LogP contribution in [0.1, 0.15) is 43.1 Å². The number of carboxylic acid groups (broad SMARTS) is 1. The predicted molar refractivity (Wildman–Crippen MR) is 121 cm³/mol. The molecule has 0 fully saturated rings. The minimum atomic E-state index is -1.06. The molecule has 4 N–H and O–H groups in total. The molecule has 0 radical (unpaired) electrons. The number of aryl methyl sites for hydroxylation is 1. The molecule has 11 heteroatoms. The van der Waals surface area contributed by atoms with E-state index in [1.807, 2.05) is 20.8 Å². The summed E-state index contributed by atoms with van der Waals surface area (Å²) in [6.45, 7) is 6.49. The van der Waals surface area contributed by atoms with Crippen LogP contribution in [0.2, 0.25) is 0 Å². The summed E-state index contributed by atoms with van der Waals surface area (Å²) in [6, 6.07) is 1.53. The van der Waals surface area contributed by atoms with Crippen LogP contribution >= 0.6 is 21.6 Å². The van der Waals surface area contributed by atoms with E-state index in [1.165, 1.54) is 6.07 Å². The molecule has 0 aromatic carbocycles. The molecule has 0 saturated carbocycles. The Bertz CT molecular complexity index is 725. The van der Waals surface area contributed by atoms with Crippen molar-refractivity contribution >= 4 is 45.4 Å². The number of carbonyl (C=O) groups is 3. The second-order valence-corrected chi connectivity index (χ2v) is 9.92. The molecule has 0 aliphatic rings. The molecule has 1 aromatic rings. The largest absolute Gasteiger partial charge is 0.478 e. The van der Waals surface area contributed by atoms with Gasteiger partial charge < -0.3 is 25.8 Å². The number of amides is 2. The highest BCUT2D eigenvalue weighted by Gasteiger charge is 2.15. The van der Waals surface area contributed by atoms with E-state index in [2.05, 4.69) is 20.9 Å². The predicted octanol–water partition coefficient (Wildman–Crippen LogP) is 2.78. The molecule has 0 atom stereocenters. The summed E-state index contributed by atoms with van der Waals surface area (Å²) in [5.41, 5.74) is 0.282. The van der Waals surface area contributed by atoms with Gasteiger partial charge in [0.2, 0.25) is 5.91 Å². The van der Waals surface area contributed by atoms with Crippen LogP contribution in [0, 0.1) is 0 Å². The Morgan fingerprint density at radius 1 is 1.13 bits per heavy atom. The number of aromatic carboxylic acids is 1. The third-order valence-corrected chi connectivity index (χ3v) is 5.91. The standard InChI is InChI=1S/C19H30N4O5S2/c1-19(2,3)28-18(27)22-8-10-30-29-9-7-21-15(24)6-5-13-11-14(17(25)26)16(20-4)23-12-13/h11-12H,5-10H2,1-4H3,(H,20,23)(H,21,24)(H,22,27)(H,25,26). The van der Waals surface area contributed by atoms with Crippen molar-refractivity contribution in [3.63, 3.8) is 0 Å². The van der Waals surface area contributed by atoms with Gasteiger partial charge in [0, 0.05) is 44.3 Å². The van der Waals surface area contributed by atoms with Crippen molar-refractivity contribution in [3.8, 4) is 0 Å². The van der Waals surface area contributed by atoms with E-state index in [0.29, 0.717) is 30.9 Å². The summed E-state index contributed by atoms with van der Waals surface area (Å²) in [7, 11) is 4.83. The number of carboxylic acids is 1. The van der Waals surface area contributed by atoms with E-state index in [-0.39, 0.29) is 17.9 Å². The number of nitrogens with zero attached hydrogens (tertiary/aromatic N) is 1. The summed E-state index contributed by atoms with van der Waals surface area (Å²) in [6.07, 6.45) is 1.83. The first-order chi connectivity index (χ1) is 14.1. The lowest BCUT2D eigenvalue weighted by Gasteiger charge is -2.19. The van der Waals surface area contributed by atoms with E-state index < -0.39 is 17.7 Å². The van der Waals surface area contributed by atoms with Gasteiger partial charge in [0.15, 0.2) is 0 Å². The molecular formula is C19H30N4O5S2. The van der Waals surface area contributed by atoms with E-state index in [1.54, 1.807) is 34.8 Å². The van der Waals surface area contributed by atoms with Crippen LogP contribution in [0.3, 0.4) is 0 Å². The Labute approximate surface area is 184 Å². The van der Waals surface area contributed by atoms with Gasteiger partial charge in [-0.3, -0.25) is 4.79 Å². The Kier molecular flexibility index (Phi) is 11.4. The molecular weight excluding hydrogens is 428 g/mol. The van der Waals surface area contributed by atoms with Gasteiger partial charge in [0.05, 0.1) is 0 Å². The van der Waals surface area contributed by atoms with E-state index >= 15 is 0 Å². The SMILES string of the molecule is CNc1ncc(CCC(=O)NCCSSCCNC(=O)OC(C)(C)C)cc1C(=O)O. The number of hydrogen-bond donors (Lipinski definition) is 4. The Morgan fingerprint density at radius 3 is 2.33 bits per heavy atom. The third-order valence-electron chi connectivity index (χ3n) is 3.50. The first kappa shape index (κ1) is 25.9. The van der Waals surface area contributed by atoms with Gasteiger partial charge in [-0.15, -0.1) is 0 Å². The molecule has 168 valence electrons. The minimum Gasteiger partial charge on any atom is -0.478 e. The lowest BCUT2D eigenvalue weighted by atomic mass is 10.1. The first-order valence-corrected chi connectivity index (χ1v) is 12.0. The number of aromatic nitrogens is 1. The zero-order valence-corrected chi connectivity index (χ0v) is 19.4. The maximum atomic E-state index is 11.9. The third kappa shape index (κ3) is 11.1. The van der Waals surface area contributed by atoms with Crippen LogP contribution in [0.15, 0.2) is 12.3 Å². The topological polar surface area (TPSA) is 130 Å². The van der Waals surface area contributed by atoms with Gasteiger partial charge in [-0.05, 0) is 38.8 Å². The molecule has 30 heavy (non-hydrogen) atoms. The Hall–Kier alpha value is -2.14. The van der Waals surface area contributed by atoms with Crippen molar-refractivity contribution in [2.75, 3.05) is 37.0 Å². The van der Waals surface area contributed by atoms with E-state index in [0.717, 1.165) is 11.5 Å². The molecule has 0 bridgehead atoms. The molecule has 1 heterocycles. The molecule has 1 aromatic heterocycles. The van der Waals surface area contributed by atoms with Gasteiger partial charge in [-0.25, -0.2) is 14.6 Å². The Morgan fingerprint density at radius 2 is 1.77 bits per heavy atom. The number of pyridine rings is 1. The number of hydrogen-bond acceptors (Lipinski definition) is 8. The number of anilines is 1. The zero-order chi connectivity index (χ0) is 22.6. The van der Waals surface area contributed by atoms with E-state index in [9.17, 15) is 19.5 Å². The second kappa shape index (κ2) is 13.2. The van der Waals surface area contributed by atoms with Gasteiger partial charge in [0.1, 0.15) is 17.0 Å². The zero-order valence-electron chi connectivity index (χ0n) is 17.7. The second-order valence-electron chi connectivity index (χ2n) is 7.22. The number of rotatable bonds is 12. The first-order valence-electron chi connectivity index (χ1n) is 9.50. The van der Waals surface area contributed by atoms with Crippen molar-refractivity contribution in [3.05, 3.63) is 23.4 Å². The quantitative estimate of drug-likeness (QED) is 0.276. The highest BCUT2D eigenvalue weighted by atomic mass is 33.1. The number of alkyl carbamates (subject to hydrolysis) is 1. The average molecular weight is 459 g/mol. The van der Waals surface area contributed by atoms with Crippen LogP contribution in [-0.2, 0) is 16.0 Å². The number of carbonyl (C=O) groups excluding carboxylic acids is 2. The molecule has 0 spiro atoms. The van der Waals surface area contributed by atoms with Crippen LogP contribution in [0.5, 0.6) is 0 Å². The number of nitrogens with one attached hydrogen (secondary N) is 3. The highest BCUT2D eigenvalue weighted by Crippen LogP contribution is 2.19. The lowest BCUT2D eigenvalue weighted by molar-refractivity contribution is -0.120. The van der Waals surface area contributed by atoms with Crippen molar-refractivity contribution in [2.45, 2.75) is 39.2 Å². The lowest BCUT2D eigenvalue weighted by Crippen LogP contribution is -2.33. The maximum absolute atomic E-state index is 11.9. The van der Waals surface area contributed by atoms with Gasteiger partial charge in [0.25, 0.3) is 0 Å². The average Bonchev–Trinajstić information content (AvgIpc) is 2.66. The number of ether oxygens (including phenoxy) is 1. The molecule has 9 nitrogen and oxygen atoms in total. The monoisotopic (exact) mass is 458 g/mol. The van der Waals surface area contributed by atoms with Crippen LogP contribution in [-0.4, -0.2) is 65.3 Å². The summed E-state index contributed by atoms with van der Waals surface area (Å²) < 4.78 is 5.14. The van der Waals surface area contributed by atoms with Crippen molar-refractivity contribution in [2.24, 2.45) is 0 Å². The smallest absolute Gasteiger partial charge is 0.407 e. The fourth-order valence-corrected chi connectivity index (χ4v) is 4.03. The van der Waals surface area contributed by atoms with Crippen LogP contribution < -0.4 is 16.0 Å². The van der Waals surface area contributed by atoms with E-state index in [4.69, 9.17) is 4.74 Å². The normalized spacial score (nSPS) is 10.9. The fourth-order valence-electron chi connectivity index (χ4n) is 2.21. The van der Waals surface area contributed by atoms with Crippen molar-refractivity contribution in [1.82, 2.24) is 15.6 Å². The summed E-state index contributed by atoms with van der Waals surface area (Å²) >= 11 is 0. The van der Waals surface area contributed by atoms with Crippen molar-refractivity contribution in [1.29, 1.82) is 0 Å². The van der Waals surface area contributed by atoms with Crippen LogP contribution in [0.25, 0.3) is 0 Å². The summed E-state index contributed by atoms with van der Waals surface area (Å²) in [5, 5.41) is 17.5. The fraction of sp³-hybridized carbons (Fsp3) is 0.579. The van der Waals surface area contributed by atoms with Gasteiger partial charge in [-0.1, -0.05) is 21.6 Å². The Balaban J connectivity index is 2.14. The highest BCUT2D eigenvalue weighted by molar-refractivity contribution is 8.76.